The van der Waals surface area contributed by atoms with Crippen molar-refractivity contribution in [2.45, 2.75) is 40.2 Å². The molecular formula is C15H23NO2. The van der Waals surface area contributed by atoms with Crippen molar-refractivity contribution in [3.8, 4) is 0 Å². The van der Waals surface area contributed by atoms with Crippen LogP contribution in [0.2, 0.25) is 0 Å². The lowest BCUT2D eigenvalue weighted by Crippen LogP contribution is -2.48. The predicted molar refractivity (Wildman–Crippen MR) is 73.6 cm³/mol. The summed E-state index contributed by atoms with van der Waals surface area (Å²) in [5, 5.41) is 3.25. The minimum atomic E-state index is -0.775. The van der Waals surface area contributed by atoms with Crippen LogP contribution in [-0.4, -0.2) is 19.1 Å². The van der Waals surface area contributed by atoms with Crippen molar-refractivity contribution in [1.29, 1.82) is 0 Å². The van der Waals surface area contributed by atoms with Gasteiger partial charge in [-0.3, -0.25) is 5.32 Å². The molecule has 0 aliphatic carbocycles. The zero-order valence-corrected chi connectivity index (χ0v) is 12.0. The van der Waals surface area contributed by atoms with E-state index >= 15 is 0 Å². The number of hydrogen-bond acceptors (Lipinski definition) is 3. The predicted octanol–water partition coefficient (Wildman–Crippen LogP) is 2.69. The molecule has 0 saturated heterocycles. The van der Waals surface area contributed by atoms with E-state index in [1.807, 2.05) is 46.8 Å². The minimum absolute atomic E-state index is 0.223. The zero-order valence-electron chi connectivity index (χ0n) is 12.0. The third-order valence-electron chi connectivity index (χ3n) is 3.13. The van der Waals surface area contributed by atoms with Gasteiger partial charge in [-0.15, -0.1) is 0 Å². The maximum absolute atomic E-state index is 12.2. The van der Waals surface area contributed by atoms with E-state index in [2.05, 4.69) is 11.4 Å². The molecular weight excluding hydrogens is 226 g/mol. The fourth-order valence-corrected chi connectivity index (χ4v) is 2.28. The van der Waals surface area contributed by atoms with Gasteiger partial charge < -0.3 is 4.74 Å². The summed E-state index contributed by atoms with van der Waals surface area (Å²) in [5.74, 6) is -0.223. The first-order chi connectivity index (χ1) is 8.45. The Bertz CT molecular complexity index is 429. The lowest BCUT2D eigenvalue weighted by atomic mass is 9.87. The van der Waals surface area contributed by atoms with E-state index < -0.39 is 5.54 Å². The molecule has 0 spiro atoms. The molecule has 1 N–H and O–H groups in total. The van der Waals surface area contributed by atoms with Crippen LogP contribution in [0.1, 0.15) is 37.5 Å². The van der Waals surface area contributed by atoms with Crippen LogP contribution in [0.25, 0.3) is 0 Å². The van der Waals surface area contributed by atoms with Crippen molar-refractivity contribution in [2.24, 2.45) is 0 Å². The van der Waals surface area contributed by atoms with Crippen LogP contribution in [0.15, 0.2) is 18.2 Å². The standard InChI is InChI=1S/C15H23NO2/c1-6-16-15(5,14(17)18-7-2)13-9-8-11(3)10-12(13)4/h8-10,16H,6-7H2,1-5H3. The first-order valence-electron chi connectivity index (χ1n) is 6.45. The van der Waals surface area contributed by atoms with Gasteiger partial charge in [-0.25, -0.2) is 4.79 Å². The molecule has 1 aromatic carbocycles. The van der Waals surface area contributed by atoms with Crippen molar-refractivity contribution in [2.75, 3.05) is 13.2 Å². The Morgan fingerprint density at radius 3 is 2.50 bits per heavy atom. The number of esters is 1. The van der Waals surface area contributed by atoms with E-state index in [9.17, 15) is 4.79 Å². The number of nitrogens with one attached hydrogen (secondary N) is 1. The molecule has 1 rings (SSSR count). The van der Waals surface area contributed by atoms with Crippen LogP contribution in [0.4, 0.5) is 0 Å². The fraction of sp³-hybridized carbons (Fsp3) is 0.533. The van der Waals surface area contributed by atoms with Crippen molar-refractivity contribution in [1.82, 2.24) is 5.32 Å². The van der Waals surface area contributed by atoms with Crippen molar-refractivity contribution >= 4 is 5.97 Å². The summed E-state index contributed by atoms with van der Waals surface area (Å²) in [5.41, 5.74) is 2.50. The Labute approximate surface area is 110 Å². The molecule has 1 aromatic rings. The second-order valence-corrected chi connectivity index (χ2v) is 4.69. The molecule has 100 valence electrons. The lowest BCUT2D eigenvalue weighted by molar-refractivity contribution is -0.151. The average molecular weight is 249 g/mol. The van der Waals surface area contributed by atoms with E-state index in [0.717, 1.165) is 11.1 Å². The normalized spacial score (nSPS) is 14.1. The largest absolute Gasteiger partial charge is 0.464 e. The molecule has 0 radical (unpaired) electrons. The van der Waals surface area contributed by atoms with Gasteiger partial charge in [0.1, 0.15) is 5.54 Å². The van der Waals surface area contributed by atoms with Gasteiger partial charge in [0.05, 0.1) is 6.61 Å². The van der Waals surface area contributed by atoms with E-state index in [0.29, 0.717) is 13.2 Å². The van der Waals surface area contributed by atoms with Gasteiger partial charge in [-0.05, 0) is 45.4 Å². The molecule has 0 fully saturated rings. The molecule has 0 aliphatic rings. The molecule has 0 heterocycles. The molecule has 1 atom stereocenters. The molecule has 0 saturated carbocycles. The fourth-order valence-electron chi connectivity index (χ4n) is 2.28. The van der Waals surface area contributed by atoms with Crippen LogP contribution in [-0.2, 0) is 15.1 Å². The topological polar surface area (TPSA) is 38.3 Å². The van der Waals surface area contributed by atoms with Gasteiger partial charge in [0.2, 0.25) is 0 Å². The number of carbonyl (C=O) groups excluding carboxylic acids is 1. The van der Waals surface area contributed by atoms with E-state index in [1.165, 1.54) is 5.56 Å². The monoisotopic (exact) mass is 249 g/mol. The Kier molecular flexibility index (Phi) is 4.91. The molecule has 1 unspecified atom stereocenters. The van der Waals surface area contributed by atoms with Crippen molar-refractivity contribution in [3.63, 3.8) is 0 Å². The number of hydrogen-bond donors (Lipinski definition) is 1. The van der Waals surface area contributed by atoms with E-state index in [4.69, 9.17) is 4.74 Å². The van der Waals surface area contributed by atoms with Gasteiger partial charge in [-0.2, -0.15) is 0 Å². The highest BCUT2D eigenvalue weighted by molar-refractivity contribution is 5.82. The van der Waals surface area contributed by atoms with Gasteiger partial charge in [0.25, 0.3) is 0 Å². The smallest absolute Gasteiger partial charge is 0.330 e. The Morgan fingerprint density at radius 1 is 1.33 bits per heavy atom. The van der Waals surface area contributed by atoms with Crippen LogP contribution in [0.5, 0.6) is 0 Å². The summed E-state index contributed by atoms with van der Waals surface area (Å²) >= 11 is 0. The van der Waals surface area contributed by atoms with Crippen LogP contribution >= 0.6 is 0 Å². The second kappa shape index (κ2) is 6.01. The average Bonchev–Trinajstić information content (AvgIpc) is 2.29. The summed E-state index contributed by atoms with van der Waals surface area (Å²) in [7, 11) is 0. The summed E-state index contributed by atoms with van der Waals surface area (Å²) in [6.07, 6.45) is 0. The molecule has 0 bridgehead atoms. The molecule has 0 aliphatic heterocycles. The highest BCUT2D eigenvalue weighted by atomic mass is 16.5. The minimum Gasteiger partial charge on any atom is -0.464 e. The number of likely N-dealkylation sites (N-methyl/N-ethyl adjacent to an activating group) is 1. The van der Waals surface area contributed by atoms with Crippen LogP contribution < -0.4 is 5.32 Å². The molecule has 3 heteroatoms. The SMILES string of the molecule is CCNC(C)(C(=O)OCC)c1ccc(C)cc1C. The maximum Gasteiger partial charge on any atom is 0.330 e. The molecule has 0 aromatic heterocycles. The first kappa shape index (κ1) is 14.7. The van der Waals surface area contributed by atoms with Gasteiger partial charge in [-0.1, -0.05) is 30.7 Å². The third-order valence-corrected chi connectivity index (χ3v) is 3.13. The number of carbonyl (C=O) groups is 1. The summed E-state index contributed by atoms with van der Waals surface area (Å²) in [6, 6.07) is 6.12. The highest BCUT2D eigenvalue weighted by Crippen LogP contribution is 2.26. The second-order valence-electron chi connectivity index (χ2n) is 4.69. The van der Waals surface area contributed by atoms with Gasteiger partial charge in [0, 0.05) is 0 Å². The highest BCUT2D eigenvalue weighted by Gasteiger charge is 2.36. The van der Waals surface area contributed by atoms with E-state index in [-0.39, 0.29) is 5.97 Å². The van der Waals surface area contributed by atoms with Crippen LogP contribution in [0, 0.1) is 13.8 Å². The quantitative estimate of drug-likeness (QED) is 0.815. The Hall–Kier alpha value is -1.35. The van der Waals surface area contributed by atoms with Gasteiger partial charge in [0.15, 0.2) is 0 Å². The molecule has 0 amide bonds. The van der Waals surface area contributed by atoms with Gasteiger partial charge >= 0.3 is 5.97 Å². The third kappa shape index (κ3) is 2.91. The van der Waals surface area contributed by atoms with E-state index in [1.54, 1.807) is 0 Å². The van der Waals surface area contributed by atoms with Crippen molar-refractivity contribution in [3.05, 3.63) is 34.9 Å². The summed E-state index contributed by atoms with van der Waals surface area (Å²) in [4.78, 5) is 12.2. The number of benzene rings is 1. The number of ether oxygens (including phenoxy) is 1. The summed E-state index contributed by atoms with van der Waals surface area (Å²) in [6.45, 7) is 10.9. The molecule has 18 heavy (non-hydrogen) atoms. The zero-order chi connectivity index (χ0) is 13.8. The van der Waals surface area contributed by atoms with Crippen molar-refractivity contribution < 1.29 is 9.53 Å². The molecule has 3 nitrogen and oxygen atoms in total. The lowest BCUT2D eigenvalue weighted by Gasteiger charge is -2.30. The summed E-state index contributed by atoms with van der Waals surface area (Å²) < 4.78 is 5.20. The van der Waals surface area contributed by atoms with Crippen LogP contribution in [0.3, 0.4) is 0 Å². The Balaban J connectivity index is 3.21. The number of aryl methyl sites for hydroxylation is 2. The Morgan fingerprint density at radius 2 is 2.00 bits per heavy atom. The maximum atomic E-state index is 12.2. The first-order valence-corrected chi connectivity index (χ1v) is 6.45. The number of rotatable bonds is 5.